The third kappa shape index (κ3) is 0.985. The Kier molecular flexibility index (Phi) is 1.34. The third-order valence-electron chi connectivity index (χ3n) is 2.26. The Labute approximate surface area is 66.0 Å². The van der Waals surface area contributed by atoms with Gasteiger partial charge in [0.25, 0.3) is 0 Å². The van der Waals surface area contributed by atoms with Crippen LogP contribution in [0.1, 0.15) is 13.3 Å². The topological polar surface area (TPSA) is 29.1 Å². The molecular weight excluding hydrogens is 138 g/mol. The number of hydrogen-bond donors (Lipinski definition) is 1. The van der Waals surface area contributed by atoms with Crippen LogP contribution in [0.3, 0.4) is 0 Å². The van der Waals surface area contributed by atoms with Gasteiger partial charge in [-0.15, -0.1) is 0 Å². The molecule has 2 nitrogen and oxygen atoms in total. The summed E-state index contributed by atoms with van der Waals surface area (Å²) >= 11 is 0. The van der Waals surface area contributed by atoms with Gasteiger partial charge >= 0.3 is 0 Å². The van der Waals surface area contributed by atoms with Gasteiger partial charge in [-0.05, 0) is 25.5 Å². The van der Waals surface area contributed by atoms with Gasteiger partial charge in [0.15, 0.2) is 5.78 Å². The van der Waals surface area contributed by atoms with Gasteiger partial charge in [-0.1, -0.05) is 6.08 Å². The Morgan fingerprint density at radius 1 is 1.64 bits per heavy atom. The molecule has 0 amide bonds. The third-order valence-corrected chi connectivity index (χ3v) is 2.26. The molecule has 0 aromatic carbocycles. The highest BCUT2D eigenvalue weighted by Gasteiger charge is 2.31. The molecule has 1 N–H and O–H groups in total. The highest BCUT2D eigenvalue weighted by Crippen LogP contribution is 2.27. The van der Waals surface area contributed by atoms with E-state index in [0.29, 0.717) is 6.04 Å². The molecular formula is C9H11NO. The van der Waals surface area contributed by atoms with E-state index in [-0.39, 0.29) is 11.7 Å². The molecule has 58 valence electrons. The fourth-order valence-corrected chi connectivity index (χ4v) is 1.72. The number of hydrogen-bond acceptors (Lipinski definition) is 2. The minimum absolute atomic E-state index is 0.134. The maximum absolute atomic E-state index is 11.3. The van der Waals surface area contributed by atoms with Crippen LogP contribution in [0.5, 0.6) is 0 Å². The summed E-state index contributed by atoms with van der Waals surface area (Å²) in [7, 11) is 0. The summed E-state index contributed by atoms with van der Waals surface area (Å²) in [5.74, 6) is 0.384. The number of carbonyl (C=O) groups is 1. The second-order valence-corrected chi connectivity index (χ2v) is 3.22. The van der Waals surface area contributed by atoms with Crippen molar-refractivity contribution >= 4 is 5.78 Å². The van der Waals surface area contributed by atoms with Crippen molar-refractivity contribution in [2.45, 2.75) is 19.4 Å². The van der Waals surface area contributed by atoms with E-state index in [1.54, 1.807) is 6.08 Å². The van der Waals surface area contributed by atoms with Gasteiger partial charge < -0.3 is 5.32 Å². The molecule has 1 fully saturated rings. The van der Waals surface area contributed by atoms with Crippen LogP contribution in [0.15, 0.2) is 23.9 Å². The van der Waals surface area contributed by atoms with Gasteiger partial charge in [0.05, 0.1) is 5.92 Å². The quantitative estimate of drug-likeness (QED) is 0.557. The smallest absolute Gasteiger partial charge is 0.164 e. The summed E-state index contributed by atoms with van der Waals surface area (Å²) < 4.78 is 0. The predicted octanol–water partition coefficient (Wildman–Crippen LogP) is 1.01. The lowest BCUT2D eigenvalue weighted by Crippen LogP contribution is -2.17. The van der Waals surface area contributed by atoms with E-state index in [1.807, 2.05) is 12.2 Å². The van der Waals surface area contributed by atoms with Crippen molar-refractivity contribution in [2.75, 3.05) is 0 Å². The van der Waals surface area contributed by atoms with Crippen LogP contribution in [0.4, 0.5) is 0 Å². The molecule has 1 saturated heterocycles. The van der Waals surface area contributed by atoms with Gasteiger partial charge in [-0.2, -0.15) is 0 Å². The van der Waals surface area contributed by atoms with Crippen LogP contribution in [0, 0.1) is 5.92 Å². The first kappa shape index (κ1) is 6.65. The second kappa shape index (κ2) is 2.22. The number of carbonyl (C=O) groups excluding carboxylic acids is 1. The Balaban J connectivity index is 2.28. The molecule has 2 heteroatoms. The maximum atomic E-state index is 11.3. The lowest BCUT2D eigenvalue weighted by molar-refractivity contribution is -0.117. The molecule has 1 aliphatic carbocycles. The van der Waals surface area contributed by atoms with Crippen molar-refractivity contribution in [2.24, 2.45) is 5.92 Å². The lowest BCUT2D eigenvalue weighted by atomic mass is 9.95. The first-order valence-corrected chi connectivity index (χ1v) is 3.96. The number of ketones is 1. The zero-order valence-corrected chi connectivity index (χ0v) is 6.50. The zero-order chi connectivity index (χ0) is 7.84. The van der Waals surface area contributed by atoms with Crippen molar-refractivity contribution in [1.29, 1.82) is 0 Å². The number of fused-ring (bicyclic) bond motifs is 1. The SMILES string of the molecule is CC1CC2C(=O)C=CC=C2N1. The van der Waals surface area contributed by atoms with Crippen molar-refractivity contribution < 1.29 is 4.79 Å². The minimum Gasteiger partial charge on any atom is -0.385 e. The van der Waals surface area contributed by atoms with Crippen LogP contribution in [0.25, 0.3) is 0 Å². The van der Waals surface area contributed by atoms with Gasteiger partial charge in [-0.25, -0.2) is 0 Å². The molecule has 0 radical (unpaired) electrons. The van der Waals surface area contributed by atoms with Gasteiger partial charge in [0.1, 0.15) is 0 Å². The average Bonchev–Trinajstić information content (AvgIpc) is 2.31. The van der Waals surface area contributed by atoms with Gasteiger partial charge in [0.2, 0.25) is 0 Å². The van der Waals surface area contributed by atoms with Gasteiger partial charge in [-0.3, -0.25) is 4.79 Å². The normalized spacial score (nSPS) is 34.6. The highest BCUT2D eigenvalue weighted by atomic mass is 16.1. The summed E-state index contributed by atoms with van der Waals surface area (Å²) in [6.07, 6.45) is 6.43. The lowest BCUT2D eigenvalue weighted by Gasteiger charge is -2.09. The number of rotatable bonds is 0. The van der Waals surface area contributed by atoms with E-state index in [0.717, 1.165) is 12.1 Å². The average molecular weight is 149 g/mol. The maximum Gasteiger partial charge on any atom is 0.164 e. The molecule has 2 unspecified atom stereocenters. The summed E-state index contributed by atoms with van der Waals surface area (Å²) in [5, 5.41) is 3.28. The summed E-state index contributed by atoms with van der Waals surface area (Å²) in [4.78, 5) is 11.3. The molecule has 2 atom stereocenters. The molecule has 0 aromatic rings. The first-order chi connectivity index (χ1) is 5.27. The molecule has 0 spiro atoms. The van der Waals surface area contributed by atoms with Crippen LogP contribution in [-0.4, -0.2) is 11.8 Å². The Bertz CT molecular complexity index is 252. The monoisotopic (exact) mass is 149 g/mol. The van der Waals surface area contributed by atoms with Crippen LogP contribution >= 0.6 is 0 Å². The first-order valence-electron chi connectivity index (χ1n) is 3.96. The minimum atomic E-state index is 0.134. The molecule has 11 heavy (non-hydrogen) atoms. The molecule has 1 heterocycles. The zero-order valence-electron chi connectivity index (χ0n) is 6.50. The molecule has 0 bridgehead atoms. The molecule has 2 aliphatic rings. The van der Waals surface area contributed by atoms with Crippen LogP contribution in [0.2, 0.25) is 0 Å². The Hall–Kier alpha value is -1.05. The van der Waals surface area contributed by atoms with E-state index in [9.17, 15) is 4.79 Å². The Morgan fingerprint density at radius 2 is 2.45 bits per heavy atom. The predicted molar refractivity (Wildman–Crippen MR) is 42.9 cm³/mol. The summed E-state index contributed by atoms with van der Waals surface area (Å²) in [5.41, 5.74) is 1.10. The summed E-state index contributed by atoms with van der Waals surface area (Å²) in [6.45, 7) is 2.10. The molecule has 2 rings (SSSR count). The molecule has 0 saturated carbocycles. The highest BCUT2D eigenvalue weighted by molar-refractivity contribution is 5.95. The largest absolute Gasteiger partial charge is 0.385 e. The number of allylic oxidation sites excluding steroid dienone is 4. The van der Waals surface area contributed by atoms with E-state index in [2.05, 4.69) is 12.2 Å². The van der Waals surface area contributed by atoms with E-state index in [4.69, 9.17) is 0 Å². The fraction of sp³-hybridized carbons (Fsp3) is 0.444. The molecule has 1 aliphatic heterocycles. The standard InChI is InChI=1S/C9H11NO/c1-6-5-7-8(10-6)3-2-4-9(7)11/h2-4,6-7,10H,5H2,1H3. The second-order valence-electron chi connectivity index (χ2n) is 3.22. The molecule has 0 aromatic heterocycles. The summed E-state index contributed by atoms with van der Waals surface area (Å²) in [6, 6.07) is 0.454. The van der Waals surface area contributed by atoms with Crippen molar-refractivity contribution in [1.82, 2.24) is 5.32 Å². The fourth-order valence-electron chi connectivity index (χ4n) is 1.72. The van der Waals surface area contributed by atoms with Crippen molar-refractivity contribution in [3.05, 3.63) is 23.9 Å². The van der Waals surface area contributed by atoms with E-state index < -0.39 is 0 Å². The van der Waals surface area contributed by atoms with Crippen molar-refractivity contribution in [3.63, 3.8) is 0 Å². The van der Waals surface area contributed by atoms with Gasteiger partial charge in [0, 0.05) is 11.7 Å². The Morgan fingerprint density at radius 3 is 3.18 bits per heavy atom. The van der Waals surface area contributed by atoms with Crippen LogP contribution < -0.4 is 5.32 Å². The van der Waals surface area contributed by atoms with E-state index >= 15 is 0 Å². The van der Waals surface area contributed by atoms with Crippen LogP contribution in [-0.2, 0) is 4.79 Å². The number of nitrogens with one attached hydrogen (secondary N) is 1. The van der Waals surface area contributed by atoms with Crippen molar-refractivity contribution in [3.8, 4) is 0 Å². The van der Waals surface area contributed by atoms with E-state index in [1.165, 1.54) is 0 Å².